The molecule has 112 valence electrons. The third-order valence-electron chi connectivity index (χ3n) is 3.58. The lowest BCUT2D eigenvalue weighted by Gasteiger charge is -2.28. The number of nitrogens with two attached hydrogens (primary N) is 1. The molecule has 0 spiro atoms. The van der Waals surface area contributed by atoms with Crippen molar-refractivity contribution < 1.29 is 9.47 Å². The van der Waals surface area contributed by atoms with Gasteiger partial charge in [-0.2, -0.15) is 0 Å². The van der Waals surface area contributed by atoms with Gasteiger partial charge in [0, 0.05) is 19.7 Å². The number of nitrogen functional groups attached to an aromatic ring is 1. The minimum Gasteiger partial charge on any atom is -0.489 e. The van der Waals surface area contributed by atoms with Gasteiger partial charge < -0.3 is 20.1 Å². The maximum Gasteiger partial charge on any atom is 0.144 e. The molecule has 0 bridgehead atoms. The molecule has 1 atom stereocenters. The van der Waals surface area contributed by atoms with Gasteiger partial charge in [-0.15, -0.1) is 0 Å². The number of para-hydroxylation sites is 1. The summed E-state index contributed by atoms with van der Waals surface area (Å²) in [4.78, 5) is 2.28. The first-order chi connectivity index (χ1) is 9.61. The predicted octanol–water partition coefficient (Wildman–Crippen LogP) is 3.06. The first-order valence-corrected chi connectivity index (χ1v) is 7.53. The van der Waals surface area contributed by atoms with Crippen LogP contribution in [0.25, 0.3) is 0 Å². The average Bonchev–Trinajstić information content (AvgIpc) is 2.91. The Morgan fingerprint density at radius 1 is 1.45 bits per heavy atom. The van der Waals surface area contributed by atoms with Crippen LogP contribution in [-0.2, 0) is 4.74 Å². The highest BCUT2D eigenvalue weighted by molar-refractivity contribution is 5.74. The molecule has 0 saturated carbocycles. The summed E-state index contributed by atoms with van der Waals surface area (Å²) in [7, 11) is 0. The smallest absolute Gasteiger partial charge is 0.144 e. The summed E-state index contributed by atoms with van der Waals surface area (Å²) >= 11 is 0. The Hall–Kier alpha value is -1.42. The minimum atomic E-state index is 0.126. The van der Waals surface area contributed by atoms with Gasteiger partial charge in [0.15, 0.2) is 0 Å². The summed E-state index contributed by atoms with van der Waals surface area (Å²) in [5.74, 6) is 0.767. The van der Waals surface area contributed by atoms with E-state index in [1.165, 1.54) is 0 Å². The molecular weight excluding hydrogens is 252 g/mol. The van der Waals surface area contributed by atoms with Gasteiger partial charge >= 0.3 is 0 Å². The third-order valence-corrected chi connectivity index (χ3v) is 3.58. The van der Waals surface area contributed by atoms with Crippen LogP contribution in [0.2, 0.25) is 0 Å². The highest BCUT2D eigenvalue weighted by Gasteiger charge is 2.20. The minimum absolute atomic E-state index is 0.126. The van der Waals surface area contributed by atoms with Gasteiger partial charge in [0.05, 0.1) is 23.6 Å². The molecule has 2 N–H and O–H groups in total. The van der Waals surface area contributed by atoms with E-state index in [0.717, 1.165) is 49.7 Å². The van der Waals surface area contributed by atoms with Crippen molar-refractivity contribution in [3.8, 4) is 5.75 Å². The van der Waals surface area contributed by atoms with Crippen molar-refractivity contribution in [1.29, 1.82) is 0 Å². The van der Waals surface area contributed by atoms with Crippen LogP contribution in [0.1, 0.15) is 33.6 Å². The summed E-state index contributed by atoms with van der Waals surface area (Å²) < 4.78 is 11.5. The largest absolute Gasteiger partial charge is 0.489 e. The number of hydrogen-bond acceptors (Lipinski definition) is 4. The van der Waals surface area contributed by atoms with Crippen molar-refractivity contribution in [2.45, 2.75) is 45.8 Å². The number of benzene rings is 1. The molecule has 1 aromatic carbocycles. The summed E-state index contributed by atoms with van der Waals surface area (Å²) in [5.41, 5.74) is 8.04. The van der Waals surface area contributed by atoms with Crippen LogP contribution in [0.15, 0.2) is 18.2 Å². The van der Waals surface area contributed by atoms with Crippen molar-refractivity contribution in [3.05, 3.63) is 18.2 Å². The first kappa shape index (κ1) is 15.0. The maximum absolute atomic E-state index is 6.27. The number of nitrogens with zero attached hydrogens (tertiary/aromatic N) is 1. The third kappa shape index (κ3) is 3.57. The molecule has 1 aliphatic heterocycles. The summed E-state index contributed by atoms with van der Waals surface area (Å²) in [6, 6.07) is 5.99. The standard InChI is InChI=1S/C16H26N2O2/c1-4-18(11-13-7-6-10-19-13)14-8-5-9-15(16(14)17)20-12(2)3/h5,8-9,12-13H,4,6-7,10-11,17H2,1-3H3. The van der Waals surface area contributed by atoms with E-state index in [1.54, 1.807) is 0 Å². The van der Waals surface area contributed by atoms with Crippen LogP contribution in [0.3, 0.4) is 0 Å². The van der Waals surface area contributed by atoms with E-state index in [-0.39, 0.29) is 6.10 Å². The van der Waals surface area contributed by atoms with Crippen molar-refractivity contribution in [2.24, 2.45) is 0 Å². The first-order valence-electron chi connectivity index (χ1n) is 7.53. The molecule has 1 heterocycles. The molecule has 0 aliphatic carbocycles. The number of rotatable bonds is 6. The van der Waals surface area contributed by atoms with Crippen LogP contribution in [0.4, 0.5) is 11.4 Å². The molecule has 1 aliphatic rings. The van der Waals surface area contributed by atoms with Crippen LogP contribution in [0, 0.1) is 0 Å². The second kappa shape index (κ2) is 6.84. The van der Waals surface area contributed by atoms with E-state index in [0.29, 0.717) is 6.10 Å². The van der Waals surface area contributed by atoms with Crippen LogP contribution >= 0.6 is 0 Å². The summed E-state index contributed by atoms with van der Waals surface area (Å²) in [6.45, 7) is 8.85. The van der Waals surface area contributed by atoms with Gasteiger partial charge in [0.25, 0.3) is 0 Å². The Morgan fingerprint density at radius 2 is 2.25 bits per heavy atom. The zero-order chi connectivity index (χ0) is 14.5. The Labute approximate surface area is 121 Å². The molecule has 4 heteroatoms. The van der Waals surface area contributed by atoms with Gasteiger partial charge in [-0.25, -0.2) is 0 Å². The molecule has 0 radical (unpaired) electrons. The van der Waals surface area contributed by atoms with E-state index in [2.05, 4.69) is 17.9 Å². The number of ether oxygens (including phenoxy) is 2. The molecule has 1 saturated heterocycles. The molecule has 1 unspecified atom stereocenters. The molecule has 0 aromatic heterocycles. The summed E-state index contributed by atoms with van der Waals surface area (Å²) in [5, 5.41) is 0. The van der Waals surface area contributed by atoms with E-state index < -0.39 is 0 Å². The van der Waals surface area contributed by atoms with E-state index >= 15 is 0 Å². The Kier molecular flexibility index (Phi) is 5.12. The van der Waals surface area contributed by atoms with Crippen molar-refractivity contribution in [2.75, 3.05) is 30.3 Å². The predicted molar refractivity (Wildman–Crippen MR) is 83.5 cm³/mol. The topological polar surface area (TPSA) is 47.7 Å². The van der Waals surface area contributed by atoms with E-state index in [9.17, 15) is 0 Å². The van der Waals surface area contributed by atoms with Crippen LogP contribution in [-0.4, -0.2) is 31.9 Å². The molecule has 2 rings (SSSR count). The maximum atomic E-state index is 6.27. The molecule has 1 fully saturated rings. The Balaban J connectivity index is 2.15. The van der Waals surface area contributed by atoms with Crippen molar-refractivity contribution in [3.63, 3.8) is 0 Å². The average molecular weight is 278 g/mol. The second-order valence-corrected chi connectivity index (χ2v) is 5.53. The number of likely N-dealkylation sites (N-methyl/N-ethyl adjacent to an activating group) is 1. The zero-order valence-electron chi connectivity index (χ0n) is 12.8. The van der Waals surface area contributed by atoms with Gasteiger partial charge in [-0.3, -0.25) is 0 Å². The van der Waals surface area contributed by atoms with Crippen molar-refractivity contribution in [1.82, 2.24) is 0 Å². The fourth-order valence-electron chi connectivity index (χ4n) is 2.60. The van der Waals surface area contributed by atoms with Crippen LogP contribution in [0.5, 0.6) is 5.75 Å². The fourth-order valence-corrected chi connectivity index (χ4v) is 2.60. The lowest BCUT2D eigenvalue weighted by atomic mass is 10.2. The van der Waals surface area contributed by atoms with Crippen molar-refractivity contribution >= 4 is 11.4 Å². The SMILES string of the molecule is CCN(CC1CCCO1)c1cccc(OC(C)C)c1N. The Morgan fingerprint density at radius 3 is 2.85 bits per heavy atom. The van der Waals surface area contributed by atoms with Gasteiger partial charge in [0.1, 0.15) is 5.75 Å². The molecule has 0 amide bonds. The molecule has 20 heavy (non-hydrogen) atoms. The van der Waals surface area contributed by atoms with Gasteiger partial charge in [-0.05, 0) is 45.7 Å². The van der Waals surface area contributed by atoms with Gasteiger partial charge in [0.2, 0.25) is 0 Å². The number of anilines is 2. The zero-order valence-corrected chi connectivity index (χ0v) is 12.8. The summed E-state index contributed by atoms with van der Waals surface area (Å²) in [6.07, 6.45) is 2.75. The van der Waals surface area contributed by atoms with Gasteiger partial charge in [-0.1, -0.05) is 6.07 Å². The molecular formula is C16H26N2O2. The lowest BCUT2D eigenvalue weighted by molar-refractivity contribution is 0.115. The monoisotopic (exact) mass is 278 g/mol. The highest BCUT2D eigenvalue weighted by atomic mass is 16.5. The normalized spacial score (nSPS) is 18.5. The Bertz CT molecular complexity index is 428. The molecule has 1 aromatic rings. The van der Waals surface area contributed by atoms with E-state index in [4.69, 9.17) is 15.2 Å². The van der Waals surface area contributed by atoms with Crippen LogP contribution < -0.4 is 15.4 Å². The molecule has 4 nitrogen and oxygen atoms in total. The second-order valence-electron chi connectivity index (χ2n) is 5.53. The van der Waals surface area contributed by atoms with E-state index in [1.807, 2.05) is 26.0 Å². The lowest BCUT2D eigenvalue weighted by Crippen LogP contribution is -2.32. The highest BCUT2D eigenvalue weighted by Crippen LogP contribution is 2.33. The quantitative estimate of drug-likeness (QED) is 0.812. The fraction of sp³-hybridized carbons (Fsp3) is 0.625. The number of hydrogen-bond donors (Lipinski definition) is 1.